The fraction of sp³-hybridized carbons (Fsp3) is 0. The highest BCUT2D eigenvalue weighted by Crippen LogP contribution is 2.64. The van der Waals surface area contributed by atoms with Crippen molar-refractivity contribution in [3.8, 4) is 88.0 Å². The summed E-state index contributed by atoms with van der Waals surface area (Å²) < 4.78 is 0. The van der Waals surface area contributed by atoms with Gasteiger partial charge < -0.3 is 0 Å². The summed E-state index contributed by atoms with van der Waals surface area (Å²) in [5, 5.41) is 48.2. The van der Waals surface area contributed by atoms with Gasteiger partial charge in [0.1, 0.15) is 0 Å². The van der Waals surface area contributed by atoms with Gasteiger partial charge in [0.05, 0.1) is 0 Å². The molecule has 24 aromatic carbocycles. The van der Waals surface area contributed by atoms with Gasteiger partial charge in [-0.25, -0.2) is 0 Å². The van der Waals surface area contributed by atoms with Crippen LogP contribution in [0.5, 0.6) is 0 Å². The van der Waals surface area contributed by atoms with Crippen molar-refractivity contribution in [2.24, 2.45) is 0 Å². The van der Waals surface area contributed by atoms with E-state index in [9.17, 15) is 0 Å². The summed E-state index contributed by atoms with van der Waals surface area (Å²) in [6.07, 6.45) is 0. The van der Waals surface area contributed by atoms with Crippen molar-refractivity contribution in [3.05, 3.63) is 485 Å². The molecule has 0 aliphatic heterocycles. The predicted octanol–water partition coefficient (Wildman–Crippen LogP) is 39.7. The van der Waals surface area contributed by atoms with Crippen molar-refractivity contribution >= 4 is 200 Å². The second kappa shape index (κ2) is 31.2. The van der Waals surface area contributed by atoms with Crippen molar-refractivity contribution in [1.29, 1.82) is 0 Å². The SMILES string of the molecule is c1ccc(-p2c3ccccc3c3c(-c4cccc5c(-c6ccc7cc8ccccc8cc7c6)c6cccc(-c7cccc8c7c7ccccc7p8-c7ccccc7)c6cc45)cccc32)cc1.c1ccc(-p2c3ccccc3c3cccc(-c4cccc5c(-c6ccc7cc8ccccc8cc7c6)c6cccc(-c7cccc8c9ccccc9p(-c9ccccc9)c78)c6cc45)c32)cc1. The Kier molecular flexibility index (Phi) is 18.1. The first-order valence-electron chi connectivity index (χ1n) is 45.7. The van der Waals surface area contributed by atoms with Gasteiger partial charge in [0.2, 0.25) is 0 Å². The molecule has 0 amide bonds. The van der Waals surface area contributed by atoms with Crippen LogP contribution in [0.4, 0.5) is 0 Å². The summed E-state index contributed by atoms with van der Waals surface area (Å²) in [4.78, 5) is 0. The van der Waals surface area contributed by atoms with Crippen LogP contribution in [0.1, 0.15) is 0 Å². The van der Waals surface area contributed by atoms with E-state index in [1.165, 1.54) is 258 Å². The molecule has 4 aromatic heterocycles. The highest BCUT2D eigenvalue weighted by Gasteiger charge is 2.28. The molecule has 0 radical (unpaired) electrons. The molecule has 4 heterocycles. The average Bonchev–Trinajstić information content (AvgIpc) is 1.49. The van der Waals surface area contributed by atoms with Crippen LogP contribution >= 0.6 is 30.1 Å². The van der Waals surface area contributed by atoms with Crippen molar-refractivity contribution in [2.75, 3.05) is 0 Å². The van der Waals surface area contributed by atoms with E-state index in [1.54, 1.807) is 0 Å². The summed E-state index contributed by atoms with van der Waals surface area (Å²) in [6.45, 7) is 0. The highest BCUT2D eigenvalue weighted by molar-refractivity contribution is 7.69. The van der Waals surface area contributed by atoms with Crippen LogP contribution in [0.15, 0.2) is 485 Å². The highest BCUT2D eigenvalue weighted by atomic mass is 31.1. The van der Waals surface area contributed by atoms with E-state index in [2.05, 4.69) is 485 Å². The molecule has 28 rings (SSSR count). The van der Waals surface area contributed by atoms with Gasteiger partial charge in [0, 0.05) is 51.7 Å². The van der Waals surface area contributed by atoms with E-state index in [0.717, 1.165) is 0 Å². The molecule has 0 fully saturated rings. The number of benzene rings is 24. The molecule has 0 saturated heterocycles. The van der Waals surface area contributed by atoms with Gasteiger partial charge in [0.25, 0.3) is 0 Å². The molecular weight excluding hydrogens is 1660 g/mol. The minimum atomic E-state index is -0.786. The monoisotopic (exact) mass is 1740 g/mol. The van der Waals surface area contributed by atoms with Crippen LogP contribution in [-0.4, -0.2) is 0 Å². The molecular formula is C128H80P4. The minimum Gasteiger partial charge on any atom is -0.0772 e. The first-order valence-corrected chi connectivity index (χ1v) is 51.0. The molecule has 0 bridgehead atoms. The van der Waals surface area contributed by atoms with Crippen molar-refractivity contribution in [2.45, 2.75) is 0 Å². The second-order valence-corrected chi connectivity index (χ2v) is 43.7. The lowest BCUT2D eigenvalue weighted by Gasteiger charge is -2.19. The smallest absolute Gasteiger partial charge is 0.0147 e. The Morgan fingerprint density at radius 1 is 0.121 bits per heavy atom. The van der Waals surface area contributed by atoms with Crippen LogP contribution in [0, 0.1) is 0 Å². The van der Waals surface area contributed by atoms with Gasteiger partial charge >= 0.3 is 0 Å². The third kappa shape index (κ3) is 12.2. The first-order chi connectivity index (χ1) is 65.5. The van der Waals surface area contributed by atoms with Gasteiger partial charge in [0.15, 0.2) is 0 Å². The zero-order valence-corrected chi connectivity index (χ0v) is 75.6. The van der Waals surface area contributed by atoms with E-state index in [0.29, 0.717) is 0 Å². The van der Waals surface area contributed by atoms with E-state index >= 15 is 0 Å². The van der Waals surface area contributed by atoms with Gasteiger partial charge in [-0.2, -0.15) is 0 Å². The summed E-state index contributed by atoms with van der Waals surface area (Å²) in [5.74, 6) is 0. The lowest BCUT2D eigenvalue weighted by molar-refractivity contribution is 1.68. The molecule has 132 heavy (non-hydrogen) atoms. The normalized spacial score (nSPS) is 12.5. The Labute approximate surface area is 767 Å². The Morgan fingerprint density at radius 2 is 0.364 bits per heavy atom. The lowest BCUT2D eigenvalue weighted by atomic mass is 9.85. The van der Waals surface area contributed by atoms with Gasteiger partial charge in [-0.15, -0.1) is 0 Å². The quantitative estimate of drug-likeness (QED) is 0.120. The number of rotatable bonds is 10. The largest absolute Gasteiger partial charge is 0.0772 e. The van der Waals surface area contributed by atoms with E-state index in [1.807, 2.05) is 0 Å². The van der Waals surface area contributed by atoms with Crippen LogP contribution in [0.25, 0.3) is 258 Å². The van der Waals surface area contributed by atoms with Crippen LogP contribution in [0.2, 0.25) is 0 Å². The fourth-order valence-electron chi connectivity index (χ4n) is 22.4. The molecule has 4 unspecified atom stereocenters. The topological polar surface area (TPSA) is 0 Å². The Bertz CT molecular complexity index is 9220. The maximum absolute atomic E-state index is 2.55. The Hall–Kier alpha value is -15.4. The fourth-order valence-corrected chi connectivity index (χ4v) is 33.3. The number of fused-ring (bicyclic) bond motifs is 20. The summed E-state index contributed by atoms with van der Waals surface area (Å²) in [7, 11) is -2.97. The van der Waals surface area contributed by atoms with E-state index < -0.39 is 30.1 Å². The van der Waals surface area contributed by atoms with E-state index in [-0.39, 0.29) is 0 Å². The maximum Gasteiger partial charge on any atom is 0.0147 e. The molecule has 28 aromatic rings. The first kappa shape index (κ1) is 76.6. The van der Waals surface area contributed by atoms with Crippen molar-refractivity contribution in [1.82, 2.24) is 0 Å². The lowest BCUT2D eigenvalue weighted by Crippen LogP contribution is -1.91. The van der Waals surface area contributed by atoms with Gasteiger partial charge in [-0.1, -0.05) is 455 Å². The Morgan fingerprint density at radius 3 is 0.720 bits per heavy atom. The molecule has 0 saturated carbocycles. The molecule has 0 spiro atoms. The maximum atomic E-state index is 2.55. The minimum absolute atomic E-state index is 0.701. The number of hydrogen-bond acceptors (Lipinski definition) is 0. The molecule has 0 aliphatic carbocycles. The van der Waals surface area contributed by atoms with Gasteiger partial charge in [-0.3, -0.25) is 0 Å². The molecule has 4 heteroatoms. The molecule has 0 aliphatic rings. The van der Waals surface area contributed by atoms with Gasteiger partial charge in [-0.05, 0) is 267 Å². The van der Waals surface area contributed by atoms with Crippen molar-refractivity contribution in [3.63, 3.8) is 0 Å². The third-order valence-corrected chi connectivity index (χ3v) is 38.4. The molecule has 0 N–H and O–H groups in total. The number of hydrogen-bond donors (Lipinski definition) is 0. The van der Waals surface area contributed by atoms with Crippen LogP contribution in [-0.2, 0) is 0 Å². The average molecular weight is 1740 g/mol. The van der Waals surface area contributed by atoms with Crippen LogP contribution in [0.3, 0.4) is 0 Å². The zero-order chi connectivity index (χ0) is 86.6. The van der Waals surface area contributed by atoms with E-state index in [4.69, 9.17) is 0 Å². The summed E-state index contributed by atoms with van der Waals surface area (Å²) in [5.41, 5.74) is 15.3. The second-order valence-electron chi connectivity index (χ2n) is 35.2. The van der Waals surface area contributed by atoms with Crippen LogP contribution < -0.4 is 0 Å². The van der Waals surface area contributed by atoms with Crippen molar-refractivity contribution < 1.29 is 0 Å². The molecule has 4 atom stereocenters. The molecule has 0 nitrogen and oxygen atoms in total. The molecule has 612 valence electrons. The predicted molar refractivity (Wildman–Crippen MR) is 582 cm³/mol. The summed E-state index contributed by atoms with van der Waals surface area (Å²) in [6, 6.07) is 184. The Balaban J connectivity index is 0.000000135. The third-order valence-electron chi connectivity index (χ3n) is 28.1. The summed E-state index contributed by atoms with van der Waals surface area (Å²) >= 11 is 0. The zero-order valence-electron chi connectivity index (χ0n) is 72.0. The standard InChI is InChI=1S/2C64H40P2/c1-3-19-46(20-4-1)65-60-33-11-9-23-50(60)56-31-15-29-54(63(56)65)48-25-13-27-52-58(48)40-59-49(55-30-16-32-57-51-24-10-12-34-61(51)66(64(55)57)47-21-5-2-6-22-47)26-14-28-53(59)62(52)44-36-35-43-37-41-17-7-8-18-42(41)38-45(43)39-44;1-3-19-46(20-4-1)65-58-31-11-9-23-54(58)63-50(29-15-33-60(63)65)48-25-13-27-52-56(48)40-57-49(51-30-16-34-61-64(51)55-24-10-12-32-59(55)66(61)47-21-5-2-6-22-47)26-14-28-53(57)62(52)44-36-35-43-37-41-17-7-8-18-42(41)38-45(43)39-44/h2*1-40H.